The third kappa shape index (κ3) is 7.41. The SMILES string of the molecule is CCCCOc1nc(N)c2c(n1)c(CCCC1(O)CCN(C)CC1)c(C#N)n2COCC[Si](C)(C)C. The Kier molecular flexibility index (Phi) is 9.75. The van der Waals surface area contributed by atoms with Crippen molar-refractivity contribution >= 4 is 24.9 Å². The molecule has 1 saturated heterocycles. The molecule has 2 aromatic heterocycles. The molecule has 0 spiro atoms. The van der Waals surface area contributed by atoms with E-state index in [0.717, 1.165) is 56.8 Å². The predicted octanol–water partition coefficient (Wildman–Crippen LogP) is 4.16. The lowest BCUT2D eigenvalue weighted by Gasteiger charge is -2.36. The zero-order valence-electron chi connectivity index (χ0n) is 22.8. The summed E-state index contributed by atoms with van der Waals surface area (Å²) in [6, 6.07) is 3.65. The normalized spacial score (nSPS) is 16.4. The maximum atomic E-state index is 11.1. The van der Waals surface area contributed by atoms with Crippen molar-refractivity contribution in [1.82, 2.24) is 19.4 Å². The summed E-state index contributed by atoms with van der Waals surface area (Å²) in [7, 11) is 0.849. The molecule has 200 valence electrons. The van der Waals surface area contributed by atoms with Gasteiger partial charge in [0.2, 0.25) is 0 Å². The lowest BCUT2D eigenvalue weighted by molar-refractivity contribution is -0.0236. The first-order chi connectivity index (χ1) is 17.1. The van der Waals surface area contributed by atoms with Crippen LogP contribution in [-0.2, 0) is 17.9 Å². The van der Waals surface area contributed by atoms with Crippen molar-refractivity contribution in [1.29, 1.82) is 5.26 Å². The Morgan fingerprint density at radius 2 is 1.89 bits per heavy atom. The van der Waals surface area contributed by atoms with Crippen LogP contribution in [0.2, 0.25) is 25.7 Å². The molecule has 0 amide bonds. The van der Waals surface area contributed by atoms with Gasteiger partial charge in [-0.15, -0.1) is 0 Å². The maximum absolute atomic E-state index is 11.1. The number of aromatic nitrogens is 3. The minimum Gasteiger partial charge on any atom is -0.463 e. The minimum absolute atomic E-state index is 0.226. The van der Waals surface area contributed by atoms with Crippen molar-refractivity contribution in [2.24, 2.45) is 0 Å². The number of nitrogens with zero attached hydrogens (tertiary/aromatic N) is 5. The Labute approximate surface area is 216 Å². The lowest BCUT2D eigenvalue weighted by atomic mass is 9.86. The van der Waals surface area contributed by atoms with E-state index in [1.165, 1.54) is 0 Å². The van der Waals surface area contributed by atoms with E-state index in [-0.39, 0.29) is 18.6 Å². The van der Waals surface area contributed by atoms with Crippen LogP contribution in [-0.4, -0.2) is 71.6 Å². The zero-order chi connectivity index (χ0) is 26.3. The van der Waals surface area contributed by atoms with E-state index in [1.54, 1.807) is 0 Å². The van der Waals surface area contributed by atoms with E-state index in [0.29, 0.717) is 42.8 Å². The van der Waals surface area contributed by atoms with Gasteiger partial charge in [0, 0.05) is 33.3 Å². The molecule has 0 aromatic carbocycles. The number of aliphatic hydroxyl groups is 1. The fraction of sp³-hybridized carbons (Fsp3) is 0.731. The summed E-state index contributed by atoms with van der Waals surface area (Å²) in [4.78, 5) is 11.3. The van der Waals surface area contributed by atoms with Gasteiger partial charge >= 0.3 is 6.01 Å². The summed E-state index contributed by atoms with van der Waals surface area (Å²) in [5.41, 5.74) is 8.34. The second-order valence-corrected chi connectivity index (χ2v) is 17.0. The van der Waals surface area contributed by atoms with Gasteiger partial charge in [-0.2, -0.15) is 15.2 Å². The third-order valence-electron chi connectivity index (χ3n) is 7.04. The molecule has 1 aliphatic heterocycles. The van der Waals surface area contributed by atoms with Gasteiger partial charge < -0.3 is 29.8 Å². The van der Waals surface area contributed by atoms with Crippen molar-refractivity contribution < 1.29 is 14.6 Å². The highest BCUT2D eigenvalue weighted by Gasteiger charge is 2.31. The van der Waals surface area contributed by atoms with Crippen LogP contribution in [0.5, 0.6) is 6.01 Å². The van der Waals surface area contributed by atoms with Gasteiger partial charge in [-0.05, 0) is 51.6 Å². The van der Waals surface area contributed by atoms with E-state index in [4.69, 9.17) is 20.2 Å². The average Bonchev–Trinajstić information content (AvgIpc) is 3.11. The number of nitriles is 1. The molecule has 0 saturated carbocycles. The van der Waals surface area contributed by atoms with Crippen molar-refractivity contribution in [3.8, 4) is 12.1 Å². The first-order valence-corrected chi connectivity index (χ1v) is 17.0. The first kappa shape index (κ1) is 28.4. The molecule has 0 aliphatic carbocycles. The zero-order valence-corrected chi connectivity index (χ0v) is 23.8. The summed E-state index contributed by atoms with van der Waals surface area (Å²) in [6.45, 7) is 12.2. The predicted molar refractivity (Wildman–Crippen MR) is 146 cm³/mol. The highest BCUT2D eigenvalue weighted by Crippen LogP contribution is 2.33. The van der Waals surface area contributed by atoms with E-state index in [1.807, 2.05) is 4.57 Å². The highest BCUT2D eigenvalue weighted by molar-refractivity contribution is 6.76. The number of likely N-dealkylation sites (tertiary alicyclic amines) is 1. The molecule has 3 rings (SSSR count). The van der Waals surface area contributed by atoms with Crippen LogP contribution in [0.3, 0.4) is 0 Å². The Morgan fingerprint density at radius 1 is 1.17 bits per heavy atom. The van der Waals surface area contributed by atoms with Crippen LogP contribution >= 0.6 is 0 Å². The van der Waals surface area contributed by atoms with Gasteiger partial charge in [-0.1, -0.05) is 33.0 Å². The molecule has 0 radical (unpaired) electrons. The molecule has 2 aromatic rings. The number of piperidine rings is 1. The van der Waals surface area contributed by atoms with Crippen molar-refractivity contribution in [2.75, 3.05) is 39.1 Å². The number of aryl methyl sites for hydroxylation is 1. The molecule has 1 fully saturated rings. The average molecular weight is 517 g/mol. The topological polar surface area (TPSA) is 122 Å². The minimum atomic E-state index is -1.24. The summed E-state index contributed by atoms with van der Waals surface area (Å²) in [6.07, 6.45) is 5.50. The van der Waals surface area contributed by atoms with Crippen LogP contribution in [0.4, 0.5) is 5.82 Å². The number of hydrogen-bond acceptors (Lipinski definition) is 8. The summed E-state index contributed by atoms with van der Waals surface area (Å²) >= 11 is 0. The maximum Gasteiger partial charge on any atom is 0.319 e. The first-order valence-electron chi connectivity index (χ1n) is 13.3. The van der Waals surface area contributed by atoms with Crippen molar-refractivity contribution in [2.45, 2.75) is 89.9 Å². The van der Waals surface area contributed by atoms with Gasteiger partial charge in [0.1, 0.15) is 29.5 Å². The lowest BCUT2D eigenvalue weighted by Crippen LogP contribution is -2.42. The second kappa shape index (κ2) is 12.4. The molecule has 10 heteroatoms. The number of rotatable bonds is 13. The molecule has 0 bridgehead atoms. The van der Waals surface area contributed by atoms with Crippen LogP contribution < -0.4 is 10.5 Å². The number of anilines is 1. The summed E-state index contributed by atoms with van der Waals surface area (Å²) in [5.74, 6) is 0.289. The van der Waals surface area contributed by atoms with Gasteiger partial charge in [-0.25, -0.2) is 0 Å². The Hall–Kier alpha value is -2.19. The fourth-order valence-corrected chi connectivity index (χ4v) is 5.35. The van der Waals surface area contributed by atoms with Gasteiger partial charge in [0.05, 0.1) is 12.2 Å². The van der Waals surface area contributed by atoms with E-state index >= 15 is 0 Å². The van der Waals surface area contributed by atoms with E-state index < -0.39 is 13.7 Å². The summed E-state index contributed by atoms with van der Waals surface area (Å²) < 4.78 is 13.6. The van der Waals surface area contributed by atoms with Crippen LogP contribution in [0.15, 0.2) is 0 Å². The van der Waals surface area contributed by atoms with E-state index in [2.05, 4.69) is 49.6 Å². The number of nitrogen functional groups attached to an aromatic ring is 1. The van der Waals surface area contributed by atoms with Gasteiger partial charge in [0.25, 0.3) is 0 Å². The van der Waals surface area contributed by atoms with Gasteiger partial charge in [-0.3, -0.25) is 0 Å². The number of ether oxygens (including phenoxy) is 2. The Balaban J connectivity index is 1.88. The molecular weight excluding hydrogens is 472 g/mol. The highest BCUT2D eigenvalue weighted by atomic mass is 28.3. The third-order valence-corrected chi connectivity index (χ3v) is 8.74. The molecule has 0 atom stereocenters. The largest absolute Gasteiger partial charge is 0.463 e. The monoisotopic (exact) mass is 516 g/mol. The van der Waals surface area contributed by atoms with Gasteiger partial charge in [0.15, 0.2) is 5.82 Å². The second-order valence-electron chi connectivity index (χ2n) is 11.4. The molecular formula is C26H44N6O3Si. The fourth-order valence-electron chi connectivity index (χ4n) is 4.59. The number of hydrogen-bond donors (Lipinski definition) is 2. The molecule has 1 aliphatic rings. The number of unbranched alkanes of at least 4 members (excludes halogenated alkanes) is 1. The van der Waals surface area contributed by atoms with Crippen LogP contribution in [0.25, 0.3) is 11.0 Å². The number of nitrogens with two attached hydrogens (primary N) is 1. The van der Waals surface area contributed by atoms with Crippen molar-refractivity contribution in [3.63, 3.8) is 0 Å². The molecule has 3 heterocycles. The molecule has 3 N–H and O–H groups in total. The summed E-state index contributed by atoms with van der Waals surface area (Å²) in [5, 5.41) is 21.2. The van der Waals surface area contributed by atoms with Crippen LogP contribution in [0, 0.1) is 11.3 Å². The Morgan fingerprint density at radius 3 is 2.53 bits per heavy atom. The standard InChI is InChI=1S/C26H44N6O3Si/c1-6-7-15-35-25-29-22-20(9-8-10-26(33)11-13-31(2)14-12-26)21(18-27)32(23(22)24(28)30-25)19-34-16-17-36(3,4)5/h33H,6-17,19H2,1-5H3,(H2,28,29,30). The quantitative estimate of drug-likeness (QED) is 0.301. The van der Waals surface area contributed by atoms with E-state index in [9.17, 15) is 10.4 Å². The Bertz CT molecular complexity index is 1050. The van der Waals surface area contributed by atoms with Crippen LogP contribution in [0.1, 0.15) is 56.7 Å². The number of fused-ring (bicyclic) bond motifs is 1. The van der Waals surface area contributed by atoms with Crippen molar-refractivity contribution in [3.05, 3.63) is 11.3 Å². The molecule has 0 unspecified atom stereocenters. The smallest absolute Gasteiger partial charge is 0.319 e. The molecule has 9 nitrogen and oxygen atoms in total. The molecule has 36 heavy (non-hydrogen) atoms.